The Hall–Kier alpha value is -3.21. The van der Waals surface area contributed by atoms with E-state index in [4.69, 9.17) is 27.9 Å². The number of nitrogens with zero attached hydrogens (tertiary/aromatic N) is 6. The summed E-state index contributed by atoms with van der Waals surface area (Å²) in [5.41, 5.74) is 2.22. The summed E-state index contributed by atoms with van der Waals surface area (Å²) in [7, 11) is 1.58. The van der Waals surface area contributed by atoms with Gasteiger partial charge in [0.15, 0.2) is 5.82 Å². The molecule has 0 spiro atoms. The number of hydrogen-bond acceptors (Lipinski definition) is 6. The first-order valence-corrected chi connectivity index (χ1v) is 9.52. The number of anilines is 2. The van der Waals surface area contributed by atoms with Crippen LogP contribution in [0.1, 0.15) is 18.6 Å². The topological polar surface area (TPSA) is 111 Å². The minimum absolute atomic E-state index is 0.278. The van der Waals surface area contributed by atoms with Gasteiger partial charge in [-0.25, -0.2) is 14.3 Å². The summed E-state index contributed by atoms with van der Waals surface area (Å²) in [6.07, 6.45) is 7.41. The monoisotopic (exact) mass is 446 g/mol. The smallest absolute Gasteiger partial charge is 0.323 e. The molecule has 0 aliphatic rings. The van der Waals surface area contributed by atoms with Crippen LogP contribution in [0.3, 0.4) is 0 Å². The van der Waals surface area contributed by atoms with Gasteiger partial charge in [-0.1, -0.05) is 23.2 Å². The minimum atomic E-state index is -0.504. The molecule has 12 heteroatoms. The molecule has 0 fully saturated rings. The average molecular weight is 447 g/mol. The summed E-state index contributed by atoms with van der Waals surface area (Å²) >= 11 is 12.6. The molecule has 0 bridgehead atoms. The van der Waals surface area contributed by atoms with Crippen molar-refractivity contribution >= 4 is 46.1 Å². The van der Waals surface area contributed by atoms with Gasteiger partial charge in [0.2, 0.25) is 0 Å². The number of aromatic nitrogens is 6. The van der Waals surface area contributed by atoms with Crippen molar-refractivity contribution in [2.75, 3.05) is 17.7 Å². The van der Waals surface area contributed by atoms with Crippen molar-refractivity contribution in [2.24, 2.45) is 0 Å². The fourth-order valence-corrected chi connectivity index (χ4v) is 3.44. The lowest BCUT2D eigenvalue weighted by molar-refractivity contribution is 0.121. The Labute approximate surface area is 180 Å². The Bertz CT molecular complexity index is 1210. The number of nitrogens with one attached hydrogen (secondary N) is 2. The standard InChI is InChI=1S/C18H16Cl2N8O2/c1-10(30-2)15-14(9-24-27-6-3-12(19)16(15)27)26-18(29)25-11-7-13(20)17(21-8-11)28-22-4-5-23-28/h3-10H,1-2H3,(H2,25,26,29). The number of carbonyl (C=O) groups is 1. The highest BCUT2D eigenvalue weighted by Crippen LogP contribution is 2.33. The van der Waals surface area contributed by atoms with E-state index in [0.717, 1.165) is 0 Å². The fourth-order valence-electron chi connectivity index (χ4n) is 2.95. The number of halogens is 2. The predicted molar refractivity (Wildman–Crippen MR) is 112 cm³/mol. The van der Waals surface area contributed by atoms with Gasteiger partial charge in [0.25, 0.3) is 0 Å². The lowest BCUT2D eigenvalue weighted by Crippen LogP contribution is -2.21. The van der Waals surface area contributed by atoms with Crippen LogP contribution < -0.4 is 10.6 Å². The molecule has 1 unspecified atom stereocenters. The highest BCUT2D eigenvalue weighted by atomic mass is 35.5. The van der Waals surface area contributed by atoms with E-state index in [2.05, 4.69) is 30.9 Å². The molecule has 30 heavy (non-hydrogen) atoms. The zero-order valence-corrected chi connectivity index (χ0v) is 17.4. The molecule has 2 amide bonds. The molecule has 4 aromatic heterocycles. The molecule has 0 radical (unpaired) electrons. The number of hydrogen-bond donors (Lipinski definition) is 2. The largest absolute Gasteiger partial charge is 0.377 e. The van der Waals surface area contributed by atoms with Crippen molar-refractivity contribution in [1.82, 2.24) is 29.6 Å². The molecular formula is C18H16Cl2N8O2. The van der Waals surface area contributed by atoms with E-state index in [1.807, 2.05) is 6.92 Å². The molecule has 0 aliphatic heterocycles. The number of pyridine rings is 1. The first kappa shape index (κ1) is 20.1. The van der Waals surface area contributed by atoms with Crippen LogP contribution in [0.2, 0.25) is 10.0 Å². The molecule has 10 nitrogen and oxygen atoms in total. The zero-order valence-electron chi connectivity index (χ0n) is 15.9. The summed E-state index contributed by atoms with van der Waals surface area (Å²) in [4.78, 5) is 18.1. The number of rotatable bonds is 5. The quantitative estimate of drug-likeness (QED) is 0.479. The molecule has 0 aromatic carbocycles. The van der Waals surface area contributed by atoms with Crippen LogP contribution in [0.4, 0.5) is 16.2 Å². The SMILES string of the molecule is COC(C)c1c(NC(=O)Nc2cnc(-n3nccn3)c(Cl)c2)cnn2ccc(Cl)c12. The summed E-state index contributed by atoms with van der Waals surface area (Å²) in [6.45, 7) is 1.85. The summed E-state index contributed by atoms with van der Waals surface area (Å²) < 4.78 is 7.09. The number of amides is 2. The molecule has 4 heterocycles. The maximum absolute atomic E-state index is 12.6. The minimum Gasteiger partial charge on any atom is -0.377 e. The number of fused-ring (bicyclic) bond motifs is 1. The third-order valence-electron chi connectivity index (χ3n) is 4.37. The van der Waals surface area contributed by atoms with Gasteiger partial charge >= 0.3 is 6.03 Å². The van der Waals surface area contributed by atoms with Gasteiger partial charge in [0.1, 0.15) is 0 Å². The Balaban J connectivity index is 1.58. The van der Waals surface area contributed by atoms with E-state index in [1.165, 1.54) is 29.6 Å². The van der Waals surface area contributed by atoms with Gasteiger partial charge in [0, 0.05) is 18.9 Å². The van der Waals surface area contributed by atoms with Gasteiger partial charge < -0.3 is 15.4 Å². The van der Waals surface area contributed by atoms with Crippen LogP contribution in [-0.4, -0.2) is 42.7 Å². The van der Waals surface area contributed by atoms with Crippen molar-refractivity contribution < 1.29 is 9.53 Å². The van der Waals surface area contributed by atoms with Crippen molar-refractivity contribution in [3.05, 3.63) is 58.7 Å². The maximum Gasteiger partial charge on any atom is 0.323 e. The lowest BCUT2D eigenvalue weighted by Gasteiger charge is -2.18. The van der Waals surface area contributed by atoms with Crippen LogP contribution in [0.15, 0.2) is 43.1 Å². The lowest BCUT2D eigenvalue weighted by atomic mass is 10.1. The molecule has 4 rings (SSSR count). The van der Waals surface area contributed by atoms with E-state index < -0.39 is 6.03 Å². The van der Waals surface area contributed by atoms with Crippen molar-refractivity contribution in [1.29, 1.82) is 0 Å². The second-order valence-corrected chi connectivity index (χ2v) is 7.05. The van der Waals surface area contributed by atoms with Gasteiger partial charge in [-0.2, -0.15) is 15.3 Å². The predicted octanol–water partition coefficient (Wildman–Crippen LogP) is 3.97. The molecular weight excluding hydrogens is 431 g/mol. The van der Waals surface area contributed by atoms with Gasteiger partial charge in [-0.05, 0) is 19.1 Å². The van der Waals surface area contributed by atoms with Crippen LogP contribution in [0, 0.1) is 0 Å². The molecule has 1 atom stereocenters. The molecule has 154 valence electrons. The summed E-state index contributed by atoms with van der Waals surface area (Å²) in [5.74, 6) is 0.348. The number of urea groups is 1. The molecule has 0 saturated carbocycles. The first-order valence-electron chi connectivity index (χ1n) is 8.76. The van der Waals surface area contributed by atoms with Crippen LogP contribution >= 0.6 is 23.2 Å². The fraction of sp³-hybridized carbons (Fsp3) is 0.167. The van der Waals surface area contributed by atoms with Crippen molar-refractivity contribution in [3.8, 4) is 5.82 Å². The normalized spacial score (nSPS) is 12.1. The number of carbonyl (C=O) groups excluding carboxylic acids is 1. The first-order chi connectivity index (χ1) is 14.5. The third-order valence-corrected chi connectivity index (χ3v) is 4.95. The Morgan fingerprint density at radius 3 is 2.60 bits per heavy atom. The van der Waals surface area contributed by atoms with E-state index in [9.17, 15) is 4.79 Å². The van der Waals surface area contributed by atoms with Gasteiger partial charge in [-0.3, -0.25) is 0 Å². The number of ether oxygens (including phenoxy) is 1. The van der Waals surface area contributed by atoms with E-state index in [0.29, 0.717) is 33.3 Å². The van der Waals surface area contributed by atoms with E-state index in [-0.39, 0.29) is 11.1 Å². The highest BCUT2D eigenvalue weighted by molar-refractivity contribution is 6.34. The molecule has 4 aromatic rings. The molecule has 2 N–H and O–H groups in total. The zero-order chi connectivity index (χ0) is 21.3. The van der Waals surface area contributed by atoms with E-state index >= 15 is 0 Å². The summed E-state index contributed by atoms with van der Waals surface area (Å²) in [5, 5.41) is 18.5. The van der Waals surface area contributed by atoms with Crippen LogP contribution in [0.5, 0.6) is 0 Å². The average Bonchev–Trinajstić information content (AvgIpc) is 3.38. The Morgan fingerprint density at radius 1 is 1.13 bits per heavy atom. The molecule has 0 saturated heterocycles. The maximum atomic E-state index is 12.6. The van der Waals surface area contributed by atoms with Crippen LogP contribution in [-0.2, 0) is 4.74 Å². The Morgan fingerprint density at radius 2 is 1.90 bits per heavy atom. The van der Waals surface area contributed by atoms with Crippen molar-refractivity contribution in [2.45, 2.75) is 13.0 Å². The number of methoxy groups -OCH3 is 1. The summed E-state index contributed by atoms with van der Waals surface area (Å²) in [6, 6.07) is 2.77. The second kappa shape index (κ2) is 8.27. The van der Waals surface area contributed by atoms with Gasteiger partial charge in [-0.15, -0.1) is 4.80 Å². The molecule has 0 aliphatic carbocycles. The highest BCUT2D eigenvalue weighted by Gasteiger charge is 2.20. The van der Waals surface area contributed by atoms with E-state index in [1.54, 1.807) is 30.0 Å². The third kappa shape index (κ3) is 3.80. The van der Waals surface area contributed by atoms with Gasteiger partial charge in [0.05, 0.1) is 57.8 Å². The second-order valence-electron chi connectivity index (χ2n) is 6.23. The Kier molecular flexibility index (Phi) is 5.53. The van der Waals surface area contributed by atoms with Crippen molar-refractivity contribution in [3.63, 3.8) is 0 Å². The van der Waals surface area contributed by atoms with Crippen LogP contribution in [0.25, 0.3) is 11.3 Å².